The van der Waals surface area contributed by atoms with E-state index in [4.69, 9.17) is 0 Å². The summed E-state index contributed by atoms with van der Waals surface area (Å²) < 4.78 is 0. The lowest BCUT2D eigenvalue weighted by atomic mass is 9.89. The van der Waals surface area contributed by atoms with Crippen LogP contribution in [0.4, 0.5) is 0 Å². The molecule has 11 heavy (non-hydrogen) atoms. The fourth-order valence-corrected chi connectivity index (χ4v) is 3.67. The zero-order valence-corrected chi connectivity index (χ0v) is 7.71. The standard InChI is InChI=1S/C8H11BrO2/c9-7-5-2-1-4(3-5)6(7)8(10)11/h4-7H,1-3H2,(H,10,11)/p-1. The van der Waals surface area contributed by atoms with E-state index in [2.05, 4.69) is 15.9 Å². The number of alkyl halides is 1. The molecule has 0 aromatic carbocycles. The van der Waals surface area contributed by atoms with Crippen LogP contribution in [0, 0.1) is 17.8 Å². The summed E-state index contributed by atoms with van der Waals surface area (Å²) in [5, 5.41) is 10.7. The molecule has 4 unspecified atom stereocenters. The summed E-state index contributed by atoms with van der Waals surface area (Å²) in [5.74, 6) is -0.0786. The number of carbonyl (C=O) groups is 1. The van der Waals surface area contributed by atoms with E-state index >= 15 is 0 Å². The van der Waals surface area contributed by atoms with Crippen molar-refractivity contribution >= 4 is 21.9 Å². The van der Waals surface area contributed by atoms with E-state index in [1.807, 2.05) is 0 Å². The summed E-state index contributed by atoms with van der Waals surface area (Å²) >= 11 is 3.44. The number of carboxylic acids is 1. The number of carbonyl (C=O) groups excluding carboxylic acids is 1. The van der Waals surface area contributed by atoms with Crippen LogP contribution in [0.5, 0.6) is 0 Å². The van der Waals surface area contributed by atoms with E-state index in [0.717, 1.165) is 12.8 Å². The highest BCUT2D eigenvalue weighted by molar-refractivity contribution is 9.09. The lowest BCUT2D eigenvalue weighted by Gasteiger charge is -2.27. The molecule has 0 N–H and O–H groups in total. The van der Waals surface area contributed by atoms with Crippen molar-refractivity contribution in [2.24, 2.45) is 17.8 Å². The summed E-state index contributed by atoms with van der Waals surface area (Å²) in [5.41, 5.74) is 0. The van der Waals surface area contributed by atoms with Gasteiger partial charge in [0.2, 0.25) is 0 Å². The first-order chi connectivity index (χ1) is 5.20. The van der Waals surface area contributed by atoms with E-state index in [0.29, 0.717) is 11.8 Å². The minimum atomic E-state index is -0.862. The Balaban J connectivity index is 2.17. The molecule has 0 radical (unpaired) electrons. The van der Waals surface area contributed by atoms with Crippen LogP contribution in [0.2, 0.25) is 0 Å². The van der Waals surface area contributed by atoms with Crippen molar-refractivity contribution in [3.8, 4) is 0 Å². The molecule has 2 saturated carbocycles. The molecule has 0 aliphatic heterocycles. The molecular weight excluding hydrogens is 208 g/mol. The first kappa shape index (κ1) is 7.59. The third kappa shape index (κ3) is 1.01. The van der Waals surface area contributed by atoms with Crippen LogP contribution >= 0.6 is 15.9 Å². The molecule has 2 fully saturated rings. The molecule has 0 aromatic rings. The molecule has 0 saturated heterocycles. The molecule has 3 heteroatoms. The predicted octanol–water partition coefficient (Wildman–Crippen LogP) is 0.546. The Morgan fingerprint density at radius 1 is 1.36 bits per heavy atom. The van der Waals surface area contributed by atoms with Crippen LogP contribution in [-0.4, -0.2) is 10.8 Å². The largest absolute Gasteiger partial charge is 0.550 e. The SMILES string of the molecule is O=C([O-])C1C2CCC(C2)C1Br. The van der Waals surface area contributed by atoms with Gasteiger partial charge in [-0.25, -0.2) is 0 Å². The Kier molecular flexibility index (Phi) is 1.71. The van der Waals surface area contributed by atoms with Gasteiger partial charge in [0.05, 0.1) is 0 Å². The summed E-state index contributed by atoms with van der Waals surface area (Å²) in [6.07, 6.45) is 3.38. The normalized spacial score (nSPS) is 48.1. The minimum absolute atomic E-state index is 0.186. The van der Waals surface area contributed by atoms with Gasteiger partial charge < -0.3 is 9.90 Å². The second-order valence-electron chi connectivity index (χ2n) is 3.62. The van der Waals surface area contributed by atoms with Crippen LogP contribution < -0.4 is 5.11 Å². The number of hydrogen-bond acceptors (Lipinski definition) is 2. The number of rotatable bonds is 1. The molecule has 0 amide bonds. The topological polar surface area (TPSA) is 40.1 Å². The maximum atomic E-state index is 10.7. The number of aliphatic carboxylic acids is 1. The molecule has 2 bridgehead atoms. The summed E-state index contributed by atoms with van der Waals surface area (Å²) in [6.45, 7) is 0. The van der Waals surface area contributed by atoms with Gasteiger partial charge in [-0.15, -0.1) is 0 Å². The maximum absolute atomic E-state index is 10.7. The van der Waals surface area contributed by atoms with Crippen LogP contribution in [-0.2, 0) is 4.79 Å². The second-order valence-corrected chi connectivity index (χ2v) is 4.68. The molecule has 4 atom stereocenters. The van der Waals surface area contributed by atoms with Gasteiger partial charge in [-0.1, -0.05) is 15.9 Å². The van der Waals surface area contributed by atoms with Crippen molar-refractivity contribution in [3.63, 3.8) is 0 Å². The molecular formula is C8H10BrO2-. The highest BCUT2D eigenvalue weighted by Crippen LogP contribution is 2.51. The molecule has 2 nitrogen and oxygen atoms in total. The Morgan fingerprint density at radius 3 is 2.36 bits per heavy atom. The van der Waals surface area contributed by atoms with Crippen molar-refractivity contribution in [2.75, 3.05) is 0 Å². The van der Waals surface area contributed by atoms with Crippen molar-refractivity contribution in [1.29, 1.82) is 0 Å². The molecule has 0 heterocycles. The van der Waals surface area contributed by atoms with Crippen LogP contribution in [0.3, 0.4) is 0 Å². The maximum Gasteiger partial charge on any atom is 0.0459 e. The summed E-state index contributed by atoms with van der Waals surface area (Å²) in [4.78, 5) is 10.8. The van der Waals surface area contributed by atoms with Gasteiger partial charge in [-0.2, -0.15) is 0 Å². The lowest BCUT2D eigenvalue weighted by molar-refractivity contribution is -0.312. The molecule has 2 aliphatic carbocycles. The van der Waals surface area contributed by atoms with Crippen LogP contribution in [0.1, 0.15) is 19.3 Å². The Hall–Kier alpha value is -0.0500. The van der Waals surface area contributed by atoms with Crippen molar-refractivity contribution in [2.45, 2.75) is 24.1 Å². The number of carboxylic acid groups (broad SMARTS) is 1. The van der Waals surface area contributed by atoms with Crippen molar-refractivity contribution in [3.05, 3.63) is 0 Å². The number of halogens is 1. The van der Waals surface area contributed by atoms with Crippen molar-refractivity contribution in [1.82, 2.24) is 0 Å². The molecule has 0 spiro atoms. The first-order valence-corrected chi connectivity index (χ1v) is 4.96. The van der Waals surface area contributed by atoms with Crippen LogP contribution in [0.15, 0.2) is 0 Å². The highest BCUT2D eigenvalue weighted by atomic mass is 79.9. The highest BCUT2D eigenvalue weighted by Gasteiger charge is 2.46. The van der Waals surface area contributed by atoms with Gasteiger partial charge in [0, 0.05) is 16.7 Å². The third-order valence-corrected chi connectivity index (χ3v) is 4.40. The molecule has 2 aliphatic rings. The fraction of sp³-hybridized carbons (Fsp3) is 0.875. The summed E-state index contributed by atoms with van der Waals surface area (Å²) in [7, 11) is 0. The third-order valence-electron chi connectivity index (χ3n) is 3.09. The van der Waals surface area contributed by atoms with Crippen LogP contribution in [0.25, 0.3) is 0 Å². The number of hydrogen-bond donors (Lipinski definition) is 0. The zero-order valence-electron chi connectivity index (χ0n) is 6.13. The molecule has 2 rings (SSSR count). The van der Waals surface area contributed by atoms with Gasteiger partial charge in [0.15, 0.2) is 0 Å². The Bertz CT molecular complexity index is 191. The van der Waals surface area contributed by atoms with E-state index < -0.39 is 5.97 Å². The van der Waals surface area contributed by atoms with E-state index in [-0.39, 0.29) is 10.7 Å². The van der Waals surface area contributed by atoms with E-state index in [9.17, 15) is 9.90 Å². The van der Waals surface area contributed by atoms with E-state index in [1.54, 1.807) is 0 Å². The summed E-state index contributed by atoms with van der Waals surface area (Å²) in [6, 6.07) is 0. The molecule has 62 valence electrons. The fourth-order valence-electron chi connectivity index (χ4n) is 2.54. The average Bonchev–Trinajstić information content (AvgIpc) is 2.44. The van der Waals surface area contributed by atoms with Gasteiger partial charge in [0.25, 0.3) is 0 Å². The lowest BCUT2D eigenvalue weighted by Crippen LogP contribution is -2.39. The number of fused-ring (bicyclic) bond motifs is 2. The Labute approximate surface area is 74.1 Å². The molecule has 0 aromatic heterocycles. The van der Waals surface area contributed by atoms with Crippen molar-refractivity contribution < 1.29 is 9.90 Å². The Morgan fingerprint density at radius 2 is 2.00 bits per heavy atom. The zero-order chi connectivity index (χ0) is 8.01. The first-order valence-electron chi connectivity index (χ1n) is 4.05. The average molecular weight is 218 g/mol. The second kappa shape index (κ2) is 2.47. The minimum Gasteiger partial charge on any atom is -0.550 e. The van der Waals surface area contributed by atoms with Gasteiger partial charge in [-0.05, 0) is 31.1 Å². The monoisotopic (exact) mass is 217 g/mol. The van der Waals surface area contributed by atoms with E-state index in [1.165, 1.54) is 6.42 Å². The van der Waals surface area contributed by atoms with Gasteiger partial charge in [0.1, 0.15) is 0 Å². The smallest absolute Gasteiger partial charge is 0.0459 e. The quantitative estimate of drug-likeness (QED) is 0.603. The van der Waals surface area contributed by atoms with Gasteiger partial charge >= 0.3 is 0 Å². The predicted molar refractivity (Wildman–Crippen MR) is 42.0 cm³/mol. The van der Waals surface area contributed by atoms with Gasteiger partial charge in [-0.3, -0.25) is 0 Å².